The Morgan fingerprint density at radius 2 is 1.50 bits per heavy atom. The number of hydrogen-bond donors (Lipinski definition) is 3. The van der Waals surface area contributed by atoms with Gasteiger partial charge in [0, 0.05) is 87.4 Å². The van der Waals surface area contributed by atoms with Crippen molar-refractivity contribution in [1.82, 2.24) is 50.1 Å². The number of para-hydroxylation sites is 1. The third-order valence-corrected chi connectivity index (χ3v) is 13.0. The maximum atomic E-state index is 14.5. The van der Waals surface area contributed by atoms with Crippen LogP contribution in [0, 0.1) is 6.92 Å². The first-order valence-corrected chi connectivity index (χ1v) is 22.3. The topological polar surface area (TPSA) is 176 Å². The van der Waals surface area contributed by atoms with E-state index >= 15 is 0 Å². The Hall–Kier alpha value is -5.68. The standard InChI is InChI=1S/C45H60N10O7/c1-31-25-32-26-35-29-54(49-40(31)35)30-61-44(59)46-15-7-3-4-8-16-47-45(60)62-55-39-10-6-5-9-34(39)28-37(41(55)56)33-11-19-53(20-12-33)43(58)48-38(27-32)42(57)52-23-21-51(22-24-52)36-13-17-50(2)18-14-36/h5-6,9-10,25-26,28-29,33,36,38H,3-4,7-8,11-24,27,30H2,1-2H3,(H,46,59)(H,47,60)(H,48,58). The van der Waals surface area contributed by atoms with Crippen LogP contribution in [-0.2, 0) is 22.7 Å². The van der Waals surface area contributed by atoms with Crippen LogP contribution in [0.25, 0.3) is 21.8 Å². The SMILES string of the molecule is Cc1cc2cc3cn(nc13)COC(=O)NCCCCCCNC(=O)On1c(=O)c(cc3ccccc31)C1CCN(CC1)C(=O)NC(C(=O)N1CCN(C3CCN(C)CC3)CC1)C2. The van der Waals surface area contributed by atoms with Gasteiger partial charge in [-0.05, 0) is 101 Å². The number of nitrogens with zero attached hydrogens (tertiary/aromatic N) is 7. The molecule has 17 nitrogen and oxygen atoms in total. The van der Waals surface area contributed by atoms with Crippen molar-refractivity contribution in [2.24, 2.45) is 0 Å². The van der Waals surface area contributed by atoms with Crippen molar-refractivity contribution in [3.63, 3.8) is 0 Å². The first-order chi connectivity index (χ1) is 30.1. The number of ether oxygens (including phenoxy) is 1. The number of carbonyl (C=O) groups is 4. The fourth-order valence-corrected chi connectivity index (χ4v) is 9.49. The Morgan fingerprint density at radius 3 is 2.24 bits per heavy atom. The van der Waals surface area contributed by atoms with Crippen molar-refractivity contribution in [3.05, 3.63) is 75.7 Å². The maximum Gasteiger partial charge on any atom is 0.432 e. The number of rotatable bonds is 2. The summed E-state index contributed by atoms with van der Waals surface area (Å²) in [5.41, 5.74) is 3.15. The van der Waals surface area contributed by atoms with Gasteiger partial charge >= 0.3 is 18.2 Å². The molecule has 3 N–H and O–H groups in total. The Bertz CT molecular complexity index is 2300. The van der Waals surface area contributed by atoms with Gasteiger partial charge in [-0.25, -0.2) is 19.1 Å². The van der Waals surface area contributed by atoms with E-state index in [1.165, 1.54) is 0 Å². The molecule has 1 unspecified atom stereocenters. The number of alkyl carbamates (subject to hydrolysis) is 1. The molecule has 3 saturated heterocycles. The van der Waals surface area contributed by atoms with Crippen LogP contribution in [0.1, 0.15) is 74.0 Å². The predicted molar refractivity (Wildman–Crippen MR) is 234 cm³/mol. The number of pyridine rings is 1. The second-order valence-corrected chi connectivity index (χ2v) is 17.3. The minimum atomic E-state index is -0.818. The van der Waals surface area contributed by atoms with Crippen LogP contribution >= 0.6 is 0 Å². The molecule has 332 valence electrons. The summed E-state index contributed by atoms with van der Waals surface area (Å²) < 4.78 is 8.12. The van der Waals surface area contributed by atoms with E-state index in [1.807, 2.05) is 48.4 Å². The zero-order valence-electron chi connectivity index (χ0n) is 36.0. The highest BCUT2D eigenvalue weighted by atomic mass is 16.7. The van der Waals surface area contributed by atoms with E-state index in [4.69, 9.17) is 9.57 Å². The van der Waals surface area contributed by atoms with Crippen molar-refractivity contribution in [2.75, 3.05) is 72.5 Å². The molecule has 0 radical (unpaired) electrons. The molecule has 2 aromatic heterocycles. The third-order valence-electron chi connectivity index (χ3n) is 13.0. The molecule has 17 heteroatoms. The van der Waals surface area contributed by atoms with Crippen molar-refractivity contribution < 1.29 is 28.8 Å². The zero-order chi connectivity index (χ0) is 43.2. The molecule has 0 saturated carbocycles. The number of amides is 5. The molecule has 62 heavy (non-hydrogen) atoms. The number of benzene rings is 2. The van der Waals surface area contributed by atoms with Gasteiger partial charge in [0.1, 0.15) is 6.04 Å². The Balaban J connectivity index is 1.03. The number of urea groups is 1. The number of aromatic nitrogens is 3. The van der Waals surface area contributed by atoms with Crippen LogP contribution in [-0.4, -0.2) is 143 Å². The average Bonchev–Trinajstić information content (AvgIpc) is 3.70. The highest BCUT2D eigenvalue weighted by Gasteiger charge is 2.34. The minimum absolute atomic E-state index is 0.0691. The molecule has 5 aliphatic rings. The lowest BCUT2D eigenvalue weighted by Crippen LogP contribution is -2.59. The lowest BCUT2D eigenvalue weighted by molar-refractivity contribution is -0.135. The second kappa shape index (κ2) is 19.6. The van der Waals surface area contributed by atoms with Gasteiger partial charge in [0.05, 0.1) is 11.0 Å². The summed E-state index contributed by atoms with van der Waals surface area (Å²) in [6.45, 7) is 8.39. The van der Waals surface area contributed by atoms with E-state index in [0.29, 0.717) is 75.7 Å². The van der Waals surface area contributed by atoms with E-state index in [1.54, 1.807) is 21.7 Å². The third kappa shape index (κ3) is 10.2. The van der Waals surface area contributed by atoms with E-state index in [2.05, 4.69) is 37.9 Å². The average molecular weight is 853 g/mol. The van der Waals surface area contributed by atoms with E-state index < -0.39 is 23.8 Å². The van der Waals surface area contributed by atoms with Crippen LogP contribution in [0.15, 0.2) is 53.5 Å². The van der Waals surface area contributed by atoms with Crippen molar-refractivity contribution in [1.29, 1.82) is 0 Å². The summed E-state index contributed by atoms with van der Waals surface area (Å²) in [4.78, 5) is 82.3. The lowest BCUT2D eigenvalue weighted by atomic mass is 9.89. The van der Waals surface area contributed by atoms with Gasteiger partial charge in [0.15, 0.2) is 6.73 Å². The van der Waals surface area contributed by atoms with Gasteiger partial charge < -0.3 is 40.2 Å². The molecule has 5 amide bonds. The molecule has 0 spiro atoms. The second-order valence-electron chi connectivity index (χ2n) is 17.3. The van der Waals surface area contributed by atoms with Gasteiger partial charge in [0.25, 0.3) is 5.56 Å². The maximum absolute atomic E-state index is 14.5. The number of nitrogens with one attached hydrogen (secondary N) is 3. The molecule has 5 aliphatic heterocycles. The molecular weight excluding hydrogens is 793 g/mol. The molecule has 7 heterocycles. The number of piperidine rings is 2. The largest absolute Gasteiger partial charge is 0.432 e. The zero-order valence-corrected chi connectivity index (χ0v) is 36.0. The summed E-state index contributed by atoms with van der Waals surface area (Å²) >= 11 is 0. The van der Waals surface area contributed by atoms with Crippen LogP contribution in [0.3, 0.4) is 0 Å². The number of piperazine rings is 1. The number of aryl methyl sites for hydroxylation is 1. The Morgan fingerprint density at radius 1 is 0.790 bits per heavy atom. The molecule has 4 aromatic rings. The highest BCUT2D eigenvalue weighted by Crippen LogP contribution is 2.29. The van der Waals surface area contributed by atoms with E-state index in [0.717, 1.165) is 90.4 Å². The van der Waals surface area contributed by atoms with Crippen LogP contribution in [0.5, 0.6) is 0 Å². The molecule has 2 aromatic carbocycles. The molecule has 3 fully saturated rings. The number of fused-ring (bicyclic) bond motifs is 18. The summed E-state index contributed by atoms with van der Waals surface area (Å²) in [5, 5.41) is 15.0. The van der Waals surface area contributed by atoms with Gasteiger partial charge in [-0.15, -0.1) is 4.73 Å². The summed E-state index contributed by atoms with van der Waals surface area (Å²) in [7, 11) is 2.16. The molecule has 7 bridgehead atoms. The van der Waals surface area contributed by atoms with Crippen LogP contribution < -0.4 is 26.3 Å². The smallest absolute Gasteiger partial charge is 0.426 e. The first-order valence-electron chi connectivity index (χ1n) is 22.3. The highest BCUT2D eigenvalue weighted by molar-refractivity contribution is 5.88. The molecule has 1 atom stereocenters. The summed E-state index contributed by atoms with van der Waals surface area (Å²) in [6.07, 6.45) is 7.21. The molecular formula is C45H60N10O7. The molecule has 9 rings (SSSR count). The predicted octanol–water partition coefficient (Wildman–Crippen LogP) is 3.79. The van der Waals surface area contributed by atoms with Crippen LogP contribution in [0.4, 0.5) is 14.4 Å². The normalized spacial score (nSPS) is 22.6. The van der Waals surface area contributed by atoms with Gasteiger partial charge in [-0.2, -0.15) is 5.10 Å². The summed E-state index contributed by atoms with van der Waals surface area (Å²) in [6, 6.07) is 12.5. The van der Waals surface area contributed by atoms with Gasteiger partial charge in [-0.1, -0.05) is 37.1 Å². The first kappa shape index (κ1) is 43.0. The van der Waals surface area contributed by atoms with Crippen molar-refractivity contribution in [2.45, 2.75) is 89.4 Å². The summed E-state index contributed by atoms with van der Waals surface area (Å²) in [5.74, 6) is -0.283. The van der Waals surface area contributed by atoms with E-state index in [9.17, 15) is 24.0 Å². The fraction of sp³-hybridized carbons (Fsp3) is 0.556. The van der Waals surface area contributed by atoms with Gasteiger partial charge in [0.2, 0.25) is 5.91 Å². The fourth-order valence-electron chi connectivity index (χ4n) is 9.49. The number of likely N-dealkylation sites (tertiary alicyclic amines) is 1. The monoisotopic (exact) mass is 852 g/mol. The Labute approximate surface area is 361 Å². The number of hydrogen-bond acceptors (Lipinski definition) is 10. The lowest BCUT2D eigenvalue weighted by Gasteiger charge is -2.43. The van der Waals surface area contributed by atoms with Gasteiger partial charge in [-0.3, -0.25) is 14.5 Å². The van der Waals surface area contributed by atoms with Crippen molar-refractivity contribution in [3.8, 4) is 0 Å². The number of carbonyl (C=O) groups excluding carboxylic acids is 4. The van der Waals surface area contributed by atoms with Crippen molar-refractivity contribution >= 4 is 45.9 Å². The minimum Gasteiger partial charge on any atom is -0.426 e. The Kier molecular flexibility index (Phi) is 13.6. The quantitative estimate of drug-likeness (QED) is 0.269. The van der Waals surface area contributed by atoms with Crippen LogP contribution in [0.2, 0.25) is 0 Å². The molecule has 0 aliphatic carbocycles. The van der Waals surface area contributed by atoms with E-state index in [-0.39, 0.29) is 31.0 Å².